The zero-order chi connectivity index (χ0) is 16.2. The summed E-state index contributed by atoms with van der Waals surface area (Å²) in [7, 11) is 0. The van der Waals surface area contributed by atoms with Crippen molar-refractivity contribution in [2.75, 3.05) is 6.54 Å². The van der Waals surface area contributed by atoms with E-state index in [2.05, 4.69) is 5.32 Å². The zero-order valence-electron chi connectivity index (χ0n) is 11.8. The molecule has 1 rings (SSSR count). The smallest absolute Gasteiger partial charge is 0.348 e. The molecule has 0 aliphatic carbocycles. The van der Waals surface area contributed by atoms with E-state index in [0.717, 1.165) is 12.1 Å². The van der Waals surface area contributed by atoms with Gasteiger partial charge in [-0.25, -0.2) is 4.39 Å². The quantitative estimate of drug-likeness (QED) is 0.822. The van der Waals surface area contributed by atoms with Crippen LogP contribution in [-0.4, -0.2) is 18.5 Å². The number of rotatable bonds is 5. The van der Waals surface area contributed by atoms with E-state index in [4.69, 9.17) is 5.73 Å². The van der Waals surface area contributed by atoms with Crippen LogP contribution >= 0.6 is 0 Å². The van der Waals surface area contributed by atoms with Crippen LogP contribution in [0.2, 0.25) is 0 Å². The largest absolute Gasteiger partial charge is 0.419 e. The first-order chi connectivity index (χ1) is 9.66. The van der Waals surface area contributed by atoms with Crippen LogP contribution in [0.25, 0.3) is 0 Å². The summed E-state index contributed by atoms with van der Waals surface area (Å²) in [5.41, 5.74) is 3.41. The van der Waals surface area contributed by atoms with Gasteiger partial charge in [0.25, 0.3) is 5.91 Å². The van der Waals surface area contributed by atoms with Gasteiger partial charge in [0.2, 0.25) is 0 Å². The van der Waals surface area contributed by atoms with Crippen LogP contribution in [0.5, 0.6) is 0 Å². The van der Waals surface area contributed by atoms with Gasteiger partial charge in [0.1, 0.15) is 5.82 Å². The number of halogens is 4. The van der Waals surface area contributed by atoms with Gasteiger partial charge in [0.15, 0.2) is 0 Å². The summed E-state index contributed by atoms with van der Waals surface area (Å²) in [6, 6.07) is 2.20. The van der Waals surface area contributed by atoms with Gasteiger partial charge in [-0.2, -0.15) is 13.2 Å². The number of carbonyl (C=O) groups excluding carboxylic acids is 1. The molecule has 118 valence electrons. The van der Waals surface area contributed by atoms with Crippen molar-refractivity contribution >= 4 is 5.91 Å². The van der Waals surface area contributed by atoms with Crippen LogP contribution in [0.4, 0.5) is 17.6 Å². The Morgan fingerprint density at radius 1 is 1.33 bits per heavy atom. The number of nitrogens with one attached hydrogen (secondary N) is 1. The van der Waals surface area contributed by atoms with Gasteiger partial charge in [-0.15, -0.1) is 0 Å². The lowest BCUT2D eigenvalue weighted by molar-refractivity contribution is -0.140. The second kappa shape index (κ2) is 6.89. The Balaban J connectivity index is 2.98. The molecule has 0 aliphatic heterocycles. The second-order valence-corrected chi connectivity index (χ2v) is 5.20. The maximum Gasteiger partial charge on any atom is 0.419 e. The molecule has 0 fully saturated rings. The van der Waals surface area contributed by atoms with Crippen molar-refractivity contribution in [2.24, 2.45) is 11.7 Å². The fourth-order valence-corrected chi connectivity index (χ4v) is 1.97. The fourth-order valence-electron chi connectivity index (χ4n) is 1.97. The molecular formula is C14H18F4N2O. The Bertz CT molecular complexity index is 500. The third kappa shape index (κ3) is 4.70. The van der Waals surface area contributed by atoms with E-state index in [1.807, 2.05) is 13.8 Å². The van der Waals surface area contributed by atoms with Gasteiger partial charge in [-0.1, -0.05) is 19.9 Å². The molecule has 7 heteroatoms. The Labute approximate surface area is 120 Å². The number of carbonyl (C=O) groups is 1. The number of nitrogens with two attached hydrogens (primary N) is 1. The molecule has 3 nitrogen and oxygen atoms in total. The maximum absolute atomic E-state index is 13.8. The van der Waals surface area contributed by atoms with Crippen LogP contribution in [0.1, 0.15) is 36.2 Å². The van der Waals surface area contributed by atoms with Crippen molar-refractivity contribution in [1.29, 1.82) is 0 Å². The Hall–Kier alpha value is -1.63. The van der Waals surface area contributed by atoms with E-state index in [1.54, 1.807) is 0 Å². The molecule has 1 atom stereocenters. The van der Waals surface area contributed by atoms with E-state index in [0.29, 0.717) is 12.5 Å². The molecule has 0 aliphatic rings. The van der Waals surface area contributed by atoms with Gasteiger partial charge in [-0.3, -0.25) is 4.79 Å². The second-order valence-electron chi connectivity index (χ2n) is 5.20. The van der Waals surface area contributed by atoms with Gasteiger partial charge in [0.05, 0.1) is 11.1 Å². The molecule has 0 heterocycles. The van der Waals surface area contributed by atoms with Crippen molar-refractivity contribution in [3.63, 3.8) is 0 Å². The highest BCUT2D eigenvalue weighted by Gasteiger charge is 2.35. The van der Waals surface area contributed by atoms with Gasteiger partial charge >= 0.3 is 6.18 Å². The third-order valence-electron chi connectivity index (χ3n) is 2.92. The zero-order valence-corrected chi connectivity index (χ0v) is 11.8. The van der Waals surface area contributed by atoms with Crippen LogP contribution in [0.15, 0.2) is 18.2 Å². The van der Waals surface area contributed by atoms with E-state index in [1.165, 1.54) is 0 Å². The molecule has 0 aromatic heterocycles. The minimum Gasteiger partial charge on any atom is -0.348 e. The molecule has 0 saturated carbocycles. The topological polar surface area (TPSA) is 55.1 Å². The number of alkyl halides is 3. The molecule has 0 spiro atoms. The van der Waals surface area contributed by atoms with Crippen LogP contribution < -0.4 is 11.1 Å². The normalized spacial score (nSPS) is 13.3. The summed E-state index contributed by atoms with van der Waals surface area (Å²) in [6.45, 7) is 3.96. The standard InChI is InChI=1S/C14H18F4N2O/c1-8(2)6-9(7-19)20-13(21)10-4-3-5-11(12(10)15)14(16,17)18/h3-5,8-9H,6-7,19H2,1-2H3,(H,20,21). The average molecular weight is 306 g/mol. The van der Waals surface area contributed by atoms with Crippen LogP contribution in [0.3, 0.4) is 0 Å². The predicted molar refractivity (Wildman–Crippen MR) is 71.2 cm³/mol. The Morgan fingerprint density at radius 3 is 2.43 bits per heavy atom. The molecule has 0 radical (unpaired) electrons. The molecule has 1 unspecified atom stereocenters. The number of benzene rings is 1. The number of amides is 1. The fraction of sp³-hybridized carbons (Fsp3) is 0.500. The number of hydrogen-bond acceptors (Lipinski definition) is 2. The summed E-state index contributed by atoms with van der Waals surface area (Å²) in [5, 5.41) is 2.46. The highest BCUT2D eigenvalue weighted by molar-refractivity contribution is 5.94. The first-order valence-corrected chi connectivity index (χ1v) is 6.53. The molecule has 0 bridgehead atoms. The molecular weight excluding hydrogens is 288 g/mol. The average Bonchev–Trinajstić information content (AvgIpc) is 2.35. The SMILES string of the molecule is CC(C)CC(CN)NC(=O)c1cccc(C(F)(F)F)c1F. The minimum absolute atomic E-state index is 0.129. The lowest BCUT2D eigenvalue weighted by Crippen LogP contribution is -2.41. The molecule has 1 aromatic carbocycles. The monoisotopic (exact) mass is 306 g/mol. The lowest BCUT2D eigenvalue weighted by atomic mass is 10.0. The van der Waals surface area contributed by atoms with Crippen molar-refractivity contribution < 1.29 is 22.4 Å². The van der Waals surface area contributed by atoms with Crippen LogP contribution in [-0.2, 0) is 6.18 Å². The first kappa shape index (κ1) is 17.4. The summed E-state index contributed by atoms with van der Waals surface area (Å²) < 4.78 is 51.6. The molecule has 1 amide bonds. The summed E-state index contributed by atoms with van der Waals surface area (Å²) in [6.07, 6.45) is -4.28. The van der Waals surface area contributed by atoms with E-state index < -0.39 is 35.1 Å². The van der Waals surface area contributed by atoms with Crippen LogP contribution in [0, 0.1) is 11.7 Å². The van der Waals surface area contributed by atoms with Gasteiger partial charge in [0, 0.05) is 12.6 Å². The van der Waals surface area contributed by atoms with Crippen molar-refractivity contribution in [2.45, 2.75) is 32.5 Å². The Morgan fingerprint density at radius 2 is 1.95 bits per heavy atom. The lowest BCUT2D eigenvalue weighted by Gasteiger charge is -2.19. The number of hydrogen-bond donors (Lipinski definition) is 2. The van der Waals surface area contributed by atoms with E-state index in [-0.39, 0.29) is 12.5 Å². The molecule has 21 heavy (non-hydrogen) atoms. The maximum atomic E-state index is 13.8. The highest BCUT2D eigenvalue weighted by atomic mass is 19.4. The highest BCUT2D eigenvalue weighted by Crippen LogP contribution is 2.32. The first-order valence-electron chi connectivity index (χ1n) is 6.53. The van der Waals surface area contributed by atoms with E-state index in [9.17, 15) is 22.4 Å². The third-order valence-corrected chi connectivity index (χ3v) is 2.92. The van der Waals surface area contributed by atoms with Gasteiger partial charge < -0.3 is 11.1 Å². The summed E-state index contributed by atoms with van der Waals surface area (Å²) in [5.74, 6) is -2.22. The summed E-state index contributed by atoms with van der Waals surface area (Å²) in [4.78, 5) is 11.9. The van der Waals surface area contributed by atoms with Crippen molar-refractivity contribution in [1.82, 2.24) is 5.32 Å². The molecule has 1 aromatic rings. The van der Waals surface area contributed by atoms with Crippen molar-refractivity contribution in [3.05, 3.63) is 35.1 Å². The minimum atomic E-state index is -4.84. The van der Waals surface area contributed by atoms with E-state index >= 15 is 0 Å². The molecule has 0 saturated heterocycles. The van der Waals surface area contributed by atoms with Gasteiger partial charge in [-0.05, 0) is 24.5 Å². The molecule has 3 N–H and O–H groups in total. The predicted octanol–water partition coefficient (Wildman–Crippen LogP) is 2.95. The summed E-state index contributed by atoms with van der Waals surface area (Å²) >= 11 is 0. The van der Waals surface area contributed by atoms with Crippen molar-refractivity contribution in [3.8, 4) is 0 Å². The Kier molecular flexibility index (Phi) is 5.71.